The fourth-order valence-corrected chi connectivity index (χ4v) is 7.25. The van der Waals surface area contributed by atoms with Gasteiger partial charge in [0.15, 0.2) is 0 Å². The standard InChI is InChI=1S/C50H52N2O8/c1-57-43-23-15-39(16-24-43)49(55,40-17-25-44(58-2)26-18-40)37-11-5-35(6-12-37)9-31-47(53)51-33-34-52-48(54)32-10-36-7-13-38(14-8-36)50(56,41-19-27-45(59-3)28-20-41)42-21-29-46(60-4)30-22-42/h5-8,11-30,55-56H,9-10,31-34H2,1-4H3,(H,51,53)(H,52,54). The van der Waals surface area contributed by atoms with E-state index in [4.69, 9.17) is 18.9 Å². The molecule has 0 aliphatic carbocycles. The van der Waals surface area contributed by atoms with Crippen molar-refractivity contribution in [2.24, 2.45) is 0 Å². The Bertz CT molecular complexity index is 2030. The highest BCUT2D eigenvalue weighted by atomic mass is 16.5. The van der Waals surface area contributed by atoms with Crippen molar-refractivity contribution in [2.75, 3.05) is 41.5 Å². The Morgan fingerprint density at radius 3 is 0.833 bits per heavy atom. The summed E-state index contributed by atoms with van der Waals surface area (Å²) in [5.41, 5.74) is 3.12. The molecule has 10 heteroatoms. The molecule has 0 aliphatic heterocycles. The highest BCUT2D eigenvalue weighted by molar-refractivity contribution is 5.77. The van der Waals surface area contributed by atoms with Crippen LogP contribution in [0.2, 0.25) is 0 Å². The summed E-state index contributed by atoms with van der Waals surface area (Å²) in [5.74, 6) is 2.52. The van der Waals surface area contributed by atoms with Crippen LogP contribution in [0, 0.1) is 0 Å². The monoisotopic (exact) mass is 808 g/mol. The maximum absolute atomic E-state index is 12.7. The second kappa shape index (κ2) is 19.9. The Kier molecular flexibility index (Phi) is 14.2. The number of carbonyl (C=O) groups is 2. The minimum Gasteiger partial charge on any atom is -0.497 e. The van der Waals surface area contributed by atoms with Crippen LogP contribution < -0.4 is 29.6 Å². The van der Waals surface area contributed by atoms with Gasteiger partial charge in [-0.15, -0.1) is 0 Å². The quantitative estimate of drug-likeness (QED) is 0.0504. The minimum atomic E-state index is -1.44. The Morgan fingerprint density at radius 1 is 0.400 bits per heavy atom. The molecular weight excluding hydrogens is 757 g/mol. The molecular formula is C50H52N2O8. The maximum Gasteiger partial charge on any atom is 0.220 e. The molecule has 0 radical (unpaired) electrons. The number of aryl methyl sites for hydroxylation is 2. The summed E-state index contributed by atoms with van der Waals surface area (Å²) >= 11 is 0. The molecule has 6 rings (SSSR count). The summed E-state index contributed by atoms with van der Waals surface area (Å²) in [6, 6.07) is 44.6. The van der Waals surface area contributed by atoms with Crippen LogP contribution in [0.1, 0.15) is 57.3 Å². The van der Waals surface area contributed by atoms with Crippen LogP contribution in [-0.2, 0) is 33.6 Å². The molecule has 0 saturated heterocycles. The Morgan fingerprint density at radius 2 is 0.617 bits per heavy atom. The number of benzene rings is 6. The van der Waals surface area contributed by atoms with E-state index in [2.05, 4.69) is 10.6 Å². The number of amides is 2. The summed E-state index contributed by atoms with van der Waals surface area (Å²) in [6.07, 6.45) is 1.57. The van der Waals surface area contributed by atoms with Gasteiger partial charge in [-0.25, -0.2) is 0 Å². The highest BCUT2D eigenvalue weighted by Crippen LogP contribution is 2.40. The lowest BCUT2D eigenvalue weighted by Crippen LogP contribution is -2.34. The second-order valence-electron chi connectivity index (χ2n) is 14.4. The van der Waals surface area contributed by atoms with Gasteiger partial charge in [-0.1, -0.05) is 97.1 Å². The number of aliphatic hydroxyl groups is 2. The molecule has 0 unspecified atom stereocenters. The first-order valence-corrected chi connectivity index (χ1v) is 19.9. The van der Waals surface area contributed by atoms with Gasteiger partial charge < -0.3 is 39.8 Å². The molecule has 0 spiro atoms. The molecule has 4 N–H and O–H groups in total. The highest BCUT2D eigenvalue weighted by Gasteiger charge is 2.35. The third-order valence-electron chi connectivity index (χ3n) is 10.8. The average molecular weight is 809 g/mol. The molecule has 0 heterocycles. The van der Waals surface area contributed by atoms with Gasteiger partial charge in [0.1, 0.15) is 34.2 Å². The summed E-state index contributed by atoms with van der Waals surface area (Å²) in [4.78, 5) is 25.4. The van der Waals surface area contributed by atoms with Crippen LogP contribution >= 0.6 is 0 Å². The summed E-state index contributed by atoms with van der Waals surface area (Å²) < 4.78 is 21.3. The minimum absolute atomic E-state index is 0.120. The van der Waals surface area contributed by atoms with E-state index >= 15 is 0 Å². The van der Waals surface area contributed by atoms with E-state index in [0.717, 1.165) is 11.1 Å². The zero-order valence-electron chi connectivity index (χ0n) is 34.4. The molecule has 60 heavy (non-hydrogen) atoms. The number of carbonyl (C=O) groups excluding carboxylic acids is 2. The van der Waals surface area contributed by atoms with Crippen molar-refractivity contribution < 1.29 is 38.7 Å². The first kappa shape index (κ1) is 43.0. The summed E-state index contributed by atoms with van der Waals surface area (Å²) in [7, 11) is 6.41. The molecule has 2 amide bonds. The van der Waals surface area contributed by atoms with Crippen molar-refractivity contribution in [3.05, 3.63) is 190 Å². The van der Waals surface area contributed by atoms with Crippen molar-refractivity contribution in [1.29, 1.82) is 0 Å². The molecule has 0 aliphatic rings. The first-order valence-electron chi connectivity index (χ1n) is 19.9. The molecule has 6 aromatic rings. The summed E-state index contributed by atoms with van der Waals surface area (Å²) in [6.45, 7) is 0.620. The van der Waals surface area contributed by atoms with E-state index < -0.39 is 11.2 Å². The molecule has 10 nitrogen and oxygen atoms in total. The zero-order valence-corrected chi connectivity index (χ0v) is 34.4. The van der Waals surface area contributed by atoms with Gasteiger partial charge in [0, 0.05) is 25.9 Å². The molecule has 0 bridgehead atoms. The van der Waals surface area contributed by atoms with E-state index in [1.54, 1.807) is 28.4 Å². The number of hydrogen-bond acceptors (Lipinski definition) is 8. The van der Waals surface area contributed by atoms with Crippen molar-refractivity contribution >= 4 is 11.8 Å². The van der Waals surface area contributed by atoms with Crippen molar-refractivity contribution in [1.82, 2.24) is 10.6 Å². The van der Waals surface area contributed by atoms with Crippen LogP contribution in [0.25, 0.3) is 0 Å². The number of methoxy groups -OCH3 is 4. The van der Waals surface area contributed by atoms with E-state index in [0.29, 0.717) is 82.3 Å². The lowest BCUT2D eigenvalue weighted by molar-refractivity contribution is -0.122. The van der Waals surface area contributed by atoms with Gasteiger partial charge in [-0.05, 0) is 106 Å². The first-order chi connectivity index (χ1) is 29.1. The van der Waals surface area contributed by atoms with E-state index in [1.807, 2.05) is 146 Å². The third-order valence-corrected chi connectivity index (χ3v) is 10.8. The van der Waals surface area contributed by atoms with Crippen LogP contribution in [0.15, 0.2) is 146 Å². The van der Waals surface area contributed by atoms with Crippen molar-refractivity contribution in [3.63, 3.8) is 0 Å². The lowest BCUT2D eigenvalue weighted by atomic mass is 9.80. The largest absolute Gasteiger partial charge is 0.497 e. The van der Waals surface area contributed by atoms with Crippen molar-refractivity contribution in [2.45, 2.75) is 36.9 Å². The number of hydrogen-bond donors (Lipinski definition) is 4. The predicted molar refractivity (Wildman–Crippen MR) is 232 cm³/mol. The van der Waals surface area contributed by atoms with E-state index in [1.165, 1.54) is 0 Å². The van der Waals surface area contributed by atoms with Gasteiger partial charge >= 0.3 is 0 Å². The van der Waals surface area contributed by atoms with Gasteiger partial charge in [-0.2, -0.15) is 0 Å². The smallest absolute Gasteiger partial charge is 0.220 e. The number of rotatable bonds is 19. The SMILES string of the molecule is COc1ccc(C(O)(c2ccc(CCC(=O)NCCNC(=O)CCc3ccc(C(O)(c4ccc(OC)cc4)c4ccc(OC)cc4)cc3)cc2)c2ccc(OC)cc2)cc1. The van der Waals surface area contributed by atoms with Gasteiger partial charge in [0.2, 0.25) is 11.8 Å². The van der Waals surface area contributed by atoms with Crippen LogP contribution in [-0.4, -0.2) is 63.6 Å². The Balaban J connectivity index is 0.974. The van der Waals surface area contributed by atoms with Gasteiger partial charge in [-0.3, -0.25) is 9.59 Å². The number of nitrogens with one attached hydrogen (secondary N) is 2. The Hall–Kier alpha value is -6.62. The predicted octanol–water partition coefficient (Wildman–Crippen LogP) is 7.09. The number of ether oxygens (including phenoxy) is 4. The molecule has 0 fully saturated rings. The third kappa shape index (κ3) is 9.97. The molecule has 310 valence electrons. The van der Waals surface area contributed by atoms with Crippen LogP contribution in [0.5, 0.6) is 23.0 Å². The Labute approximate surface area is 351 Å². The maximum atomic E-state index is 12.7. The average Bonchev–Trinajstić information content (AvgIpc) is 3.31. The van der Waals surface area contributed by atoms with E-state index in [9.17, 15) is 19.8 Å². The normalized spacial score (nSPS) is 11.4. The van der Waals surface area contributed by atoms with E-state index in [-0.39, 0.29) is 24.7 Å². The van der Waals surface area contributed by atoms with Gasteiger partial charge in [0.25, 0.3) is 0 Å². The zero-order chi connectivity index (χ0) is 42.5. The molecule has 0 atom stereocenters. The van der Waals surface area contributed by atoms with Crippen LogP contribution in [0.3, 0.4) is 0 Å². The van der Waals surface area contributed by atoms with Gasteiger partial charge in [0.05, 0.1) is 28.4 Å². The lowest BCUT2D eigenvalue weighted by Gasteiger charge is -2.30. The van der Waals surface area contributed by atoms with Crippen molar-refractivity contribution in [3.8, 4) is 23.0 Å². The summed E-state index contributed by atoms with van der Waals surface area (Å²) in [5, 5.41) is 30.3. The molecule has 0 aromatic heterocycles. The second-order valence-corrected chi connectivity index (χ2v) is 14.4. The fourth-order valence-electron chi connectivity index (χ4n) is 7.25. The fraction of sp³-hybridized carbons (Fsp3) is 0.240. The topological polar surface area (TPSA) is 136 Å². The van der Waals surface area contributed by atoms with Crippen LogP contribution in [0.4, 0.5) is 0 Å². The molecule has 6 aromatic carbocycles. The molecule has 0 saturated carbocycles.